The molecule has 0 aromatic heterocycles. The lowest BCUT2D eigenvalue weighted by atomic mass is 9.80. The SMILES string of the molecule is CNCCCN(C)C(=O)CC(C)C(C)(C)C. The lowest BCUT2D eigenvalue weighted by Crippen LogP contribution is -2.32. The van der Waals surface area contributed by atoms with Gasteiger partial charge in [0.1, 0.15) is 0 Å². The Morgan fingerprint density at radius 1 is 1.38 bits per heavy atom. The number of nitrogens with one attached hydrogen (secondary N) is 1. The van der Waals surface area contributed by atoms with E-state index in [1.807, 2.05) is 19.0 Å². The van der Waals surface area contributed by atoms with E-state index in [0.29, 0.717) is 12.3 Å². The number of hydrogen-bond donors (Lipinski definition) is 1. The third-order valence-electron chi connectivity index (χ3n) is 3.31. The van der Waals surface area contributed by atoms with Crippen molar-refractivity contribution in [2.24, 2.45) is 11.3 Å². The van der Waals surface area contributed by atoms with E-state index in [9.17, 15) is 4.79 Å². The minimum Gasteiger partial charge on any atom is -0.346 e. The maximum Gasteiger partial charge on any atom is 0.222 e. The van der Waals surface area contributed by atoms with Crippen LogP contribution in [0.4, 0.5) is 0 Å². The lowest BCUT2D eigenvalue weighted by molar-refractivity contribution is -0.131. The van der Waals surface area contributed by atoms with E-state index in [2.05, 4.69) is 33.0 Å². The fraction of sp³-hybridized carbons (Fsp3) is 0.923. The van der Waals surface area contributed by atoms with Gasteiger partial charge in [0.2, 0.25) is 5.91 Å². The molecule has 3 heteroatoms. The quantitative estimate of drug-likeness (QED) is 0.706. The Balaban J connectivity index is 3.96. The average Bonchev–Trinajstić information content (AvgIpc) is 2.16. The Morgan fingerprint density at radius 3 is 2.38 bits per heavy atom. The van der Waals surface area contributed by atoms with Gasteiger partial charge in [0.15, 0.2) is 0 Å². The molecule has 0 spiro atoms. The number of amides is 1. The zero-order valence-electron chi connectivity index (χ0n) is 11.8. The van der Waals surface area contributed by atoms with E-state index in [4.69, 9.17) is 0 Å². The molecule has 0 heterocycles. The van der Waals surface area contributed by atoms with Crippen LogP contribution in [0.5, 0.6) is 0 Å². The van der Waals surface area contributed by atoms with Gasteiger partial charge in [0.25, 0.3) is 0 Å². The molecule has 0 bridgehead atoms. The van der Waals surface area contributed by atoms with Gasteiger partial charge in [-0.15, -0.1) is 0 Å². The predicted octanol–water partition coefficient (Wildman–Crippen LogP) is 2.13. The van der Waals surface area contributed by atoms with Crippen molar-refractivity contribution in [2.45, 2.75) is 40.5 Å². The van der Waals surface area contributed by atoms with Crippen LogP contribution in [0.3, 0.4) is 0 Å². The van der Waals surface area contributed by atoms with E-state index in [0.717, 1.165) is 19.5 Å². The van der Waals surface area contributed by atoms with Crippen LogP contribution in [0, 0.1) is 11.3 Å². The molecule has 0 aliphatic rings. The number of nitrogens with zero attached hydrogens (tertiary/aromatic N) is 1. The van der Waals surface area contributed by atoms with Gasteiger partial charge in [0.05, 0.1) is 0 Å². The van der Waals surface area contributed by atoms with Gasteiger partial charge in [0, 0.05) is 20.0 Å². The first-order valence-corrected chi connectivity index (χ1v) is 6.17. The van der Waals surface area contributed by atoms with E-state index in [-0.39, 0.29) is 11.3 Å². The Kier molecular flexibility index (Phi) is 6.65. The van der Waals surface area contributed by atoms with Crippen molar-refractivity contribution < 1.29 is 4.79 Å². The second-order valence-electron chi connectivity index (χ2n) is 5.74. The van der Waals surface area contributed by atoms with Gasteiger partial charge in [-0.25, -0.2) is 0 Å². The van der Waals surface area contributed by atoms with Crippen LogP contribution in [-0.2, 0) is 4.79 Å². The Morgan fingerprint density at radius 2 is 1.94 bits per heavy atom. The van der Waals surface area contributed by atoms with Crippen molar-refractivity contribution in [3.63, 3.8) is 0 Å². The van der Waals surface area contributed by atoms with Crippen molar-refractivity contribution in [3.8, 4) is 0 Å². The first kappa shape index (κ1) is 15.4. The summed E-state index contributed by atoms with van der Waals surface area (Å²) in [6, 6.07) is 0. The minimum atomic E-state index is 0.210. The maximum atomic E-state index is 11.9. The van der Waals surface area contributed by atoms with Crippen LogP contribution >= 0.6 is 0 Å². The van der Waals surface area contributed by atoms with Crippen LogP contribution in [0.25, 0.3) is 0 Å². The first-order chi connectivity index (χ1) is 7.29. The summed E-state index contributed by atoms with van der Waals surface area (Å²) in [5, 5.41) is 3.09. The molecule has 0 aliphatic heterocycles. The fourth-order valence-electron chi connectivity index (χ4n) is 1.34. The molecule has 96 valence electrons. The van der Waals surface area contributed by atoms with Gasteiger partial charge in [-0.05, 0) is 31.3 Å². The van der Waals surface area contributed by atoms with E-state index >= 15 is 0 Å². The van der Waals surface area contributed by atoms with Crippen molar-refractivity contribution in [2.75, 3.05) is 27.2 Å². The molecule has 0 radical (unpaired) electrons. The minimum absolute atomic E-state index is 0.210. The summed E-state index contributed by atoms with van der Waals surface area (Å²) in [6.45, 7) is 10.5. The third-order valence-corrected chi connectivity index (χ3v) is 3.31. The average molecular weight is 228 g/mol. The highest BCUT2D eigenvalue weighted by molar-refractivity contribution is 5.76. The molecule has 3 nitrogen and oxygen atoms in total. The van der Waals surface area contributed by atoms with Crippen molar-refractivity contribution in [1.29, 1.82) is 0 Å². The molecular weight excluding hydrogens is 200 g/mol. The van der Waals surface area contributed by atoms with Gasteiger partial charge in [-0.1, -0.05) is 27.7 Å². The first-order valence-electron chi connectivity index (χ1n) is 6.17. The summed E-state index contributed by atoms with van der Waals surface area (Å²) in [5.74, 6) is 0.685. The standard InChI is InChI=1S/C13H28N2O/c1-11(13(2,3)4)10-12(16)15(6)9-7-8-14-5/h11,14H,7-10H2,1-6H3. The van der Waals surface area contributed by atoms with Crippen LogP contribution in [0.15, 0.2) is 0 Å². The van der Waals surface area contributed by atoms with E-state index < -0.39 is 0 Å². The third kappa shape index (κ3) is 6.11. The van der Waals surface area contributed by atoms with Crippen molar-refractivity contribution >= 4 is 5.91 Å². The molecule has 0 aromatic rings. The normalized spacial score (nSPS) is 13.6. The zero-order valence-corrected chi connectivity index (χ0v) is 11.8. The molecular formula is C13H28N2O. The molecule has 1 atom stereocenters. The molecule has 0 fully saturated rings. The maximum absolute atomic E-state index is 11.9. The van der Waals surface area contributed by atoms with Crippen LogP contribution < -0.4 is 5.32 Å². The molecule has 0 saturated heterocycles. The Labute approximate surface area is 101 Å². The molecule has 16 heavy (non-hydrogen) atoms. The smallest absolute Gasteiger partial charge is 0.222 e. The second kappa shape index (κ2) is 6.89. The molecule has 0 saturated carbocycles. The lowest BCUT2D eigenvalue weighted by Gasteiger charge is -2.28. The highest BCUT2D eigenvalue weighted by Gasteiger charge is 2.23. The van der Waals surface area contributed by atoms with Gasteiger partial charge < -0.3 is 10.2 Å². The second-order valence-corrected chi connectivity index (χ2v) is 5.74. The molecule has 0 aliphatic carbocycles. The molecule has 0 aromatic carbocycles. The summed E-state index contributed by atoms with van der Waals surface area (Å²) in [4.78, 5) is 13.7. The van der Waals surface area contributed by atoms with Crippen molar-refractivity contribution in [3.05, 3.63) is 0 Å². The van der Waals surface area contributed by atoms with Gasteiger partial charge >= 0.3 is 0 Å². The molecule has 0 rings (SSSR count). The number of hydrogen-bond acceptors (Lipinski definition) is 2. The fourth-order valence-corrected chi connectivity index (χ4v) is 1.34. The largest absolute Gasteiger partial charge is 0.346 e. The van der Waals surface area contributed by atoms with Gasteiger partial charge in [-0.2, -0.15) is 0 Å². The molecule has 1 amide bonds. The summed E-state index contributed by atoms with van der Waals surface area (Å²) >= 11 is 0. The topological polar surface area (TPSA) is 32.3 Å². The molecule has 1 N–H and O–H groups in total. The van der Waals surface area contributed by atoms with Crippen LogP contribution in [0.2, 0.25) is 0 Å². The highest BCUT2D eigenvalue weighted by Crippen LogP contribution is 2.28. The predicted molar refractivity (Wildman–Crippen MR) is 69.4 cm³/mol. The van der Waals surface area contributed by atoms with Crippen molar-refractivity contribution in [1.82, 2.24) is 10.2 Å². The zero-order chi connectivity index (χ0) is 12.8. The van der Waals surface area contributed by atoms with Crippen LogP contribution in [-0.4, -0.2) is 38.0 Å². The van der Waals surface area contributed by atoms with E-state index in [1.54, 1.807) is 0 Å². The monoisotopic (exact) mass is 228 g/mol. The summed E-state index contributed by atoms with van der Waals surface area (Å²) in [5.41, 5.74) is 0.210. The number of carbonyl (C=O) groups excluding carboxylic acids is 1. The Hall–Kier alpha value is -0.570. The Bertz CT molecular complexity index is 208. The molecule has 1 unspecified atom stereocenters. The summed E-state index contributed by atoms with van der Waals surface area (Å²) < 4.78 is 0. The number of carbonyl (C=O) groups is 1. The van der Waals surface area contributed by atoms with Crippen LogP contribution in [0.1, 0.15) is 40.5 Å². The number of rotatable bonds is 6. The van der Waals surface area contributed by atoms with E-state index in [1.165, 1.54) is 0 Å². The summed E-state index contributed by atoms with van der Waals surface area (Å²) in [7, 11) is 3.83. The highest BCUT2D eigenvalue weighted by atomic mass is 16.2. The summed E-state index contributed by atoms with van der Waals surface area (Å²) in [6.07, 6.45) is 1.67. The van der Waals surface area contributed by atoms with Gasteiger partial charge in [-0.3, -0.25) is 4.79 Å².